The van der Waals surface area contributed by atoms with Crippen LogP contribution in [0.15, 0.2) is 24.3 Å². The summed E-state index contributed by atoms with van der Waals surface area (Å²) in [5, 5.41) is 13.9. The van der Waals surface area contributed by atoms with Gasteiger partial charge in [-0.2, -0.15) is 0 Å². The number of urea groups is 1. The smallest absolute Gasteiger partial charge is 0.323 e. The van der Waals surface area contributed by atoms with Crippen LogP contribution >= 0.6 is 0 Å². The first-order valence-electron chi connectivity index (χ1n) is 7.40. The van der Waals surface area contributed by atoms with Crippen molar-refractivity contribution in [2.45, 2.75) is 44.2 Å². The van der Waals surface area contributed by atoms with Crippen LogP contribution in [0.5, 0.6) is 0 Å². The highest BCUT2D eigenvalue weighted by Crippen LogP contribution is 2.34. The quantitative estimate of drug-likeness (QED) is 0.527. The van der Waals surface area contributed by atoms with E-state index in [-0.39, 0.29) is 18.1 Å². The number of nitrogens with one attached hydrogen (secondary N) is 1. The summed E-state index contributed by atoms with van der Waals surface area (Å²) in [6, 6.07) is 5.73. The van der Waals surface area contributed by atoms with Gasteiger partial charge in [0.2, 0.25) is 0 Å². The molecule has 0 bridgehead atoms. The molecule has 1 aliphatic carbocycles. The molecule has 3 amide bonds. The van der Waals surface area contributed by atoms with Crippen LogP contribution in [-0.2, 0) is 11.3 Å². The van der Waals surface area contributed by atoms with E-state index in [2.05, 4.69) is 5.32 Å². The average molecular weight is 303 g/mol. The Morgan fingerprint density at radius 2 is 1.86 bits per heavy atom. The van der Waals surface area contributed by atoms with Gasteiger partial charge in [0.05, 0.1) is 11.5 Å². The molecule has 7 nitrogen and oxygen atoms in total. The molecule has 1 aromatic rings. The van der Waals surface area contributed by atoms with Crippen molar-refractivity contribution < 1.29 is 14.5 Å². The van der Waals surface area contributed by atoms with E-state index in [0.29, 0.717) is 18.4 Å². The molecule has 116 valence electrons. The van der Waals surface area contributed by atoms with Gasteiger partial charge in [0.25, 0.3) is 11.6 Å². The second-order valence-corrected chi connectivity index (χ2v) is 5.85. The van der Waals surface area contributed by atoms with Gasteiger partial charge in [0, 0.05) is 11.6 Å². The number of hydrogen-bond acceptors (Lipinski definition) is 4. The molecule has 1 aromatic carbocycles. The summed E-state index contributed by atoms with van der Waals surface area (Å²) in [5.41, 5.74) is -0.504. The number of hydrogen-bond donors (Lipinski definition) is 1. The maximum atomic E-state index is 12.7. The first kappa shape index (κ1) is 14.5. The van der Waals surface area contributed by atoms with Gasteiger partial charge < -0.3 is 5.32 Å². The van der Waals surface area contributed by atoms with Crippen LogP contribution in [0.3, 0.4) is 0 Å². The van der Waals surface area contributed by atoms with E-state index in [4.69, 9.17) is 0 Å². The fraction of sp³-hybridized carbons (Fsp3) is 0.467. The van der Waals surface area contributed by atoms with E-state index in [0.717, 1.165) is 24.2 Å². The molecule has 22 heavy (non-hydrogen) atoms. The van der Waals surface area contributed by atoms with Crippen LogP contribution in [0.4, 0.5) is 10.5 Å². The zero-order valence-corrected chi connectivity index (χ0v) is 12.1. The summed E-state index contributed by atoms with van der Waals surface area (Å²) in [6.45, 7) is -0.0659. The van der Waals surface area contributed by atoms with Gasteiger partial charge in [-0.25, -0.2) is 4.79 Å². The summed E-state index contributed by atoms with van der Waals surface area (Å²) in [7, 11) is 0. The molecular weight excluding hydrogens is 286 g/mol. The fourth-order valence-corrected chi connectivity index (χ4v) is 3.31. The number of rotatable bonds is 3. The largest absolute Gasteiger partial charge is 0.325 e. The van der Waals surface area contributed by atoms with E-state index in [1.165, 1.54) is 6.07 Å². The van der Waals surface area contributed by atoms with Crippen molar-refractivity contribution in [2.24, 2.45) is 0 Å². The molecule has 0 unspecified atom stereocenters. The summed E-state index contributed by atoms with van der Waals surface area (Å²) in [5.74, 6) is -0.254. The Balaban J connectivity index is 1.85. The van der Waals surface area contributed by atoms with Gasteiger partial charge in [0.1, 0.15) is 5.54 Å². The van der Waals surface area contributed by atoms with Gasteiger partial charge in [-0.3, -0.25) is 19.8 Å². The second kappa shape index (κ2) is 5.40. The Labute approximate surface area is 127 Å². The Kier molecular flexibility index (Phi) is 3.56. The molecule has 1 N–H and O–H groups in total. The molecule has 1 saturated heterocycles. The maximum absolute atomic E-state index is 12.7. The van der Waals surface area contributed by atoms with Crippen molar-refractivity contribution in [2.75, 3.05) is 0 Å². The second-order valence-electron chi connectivity index (χ2n) is 5.85. The van der Waals surface area contributed by atoms with Gasteiger partial charge >= 0.3 is 6.03 Å². The zero-order chi connectivity index (χ0) is 15.7. The number of nitro groups is 1. The first-order valence-corrected chi connectivity index (χ1v) is 7.40. The lowest BCUT2D eigenvalue weighted by molar-refractivity contribution is -0.385. The van der Waals surface area contributed by atoms with E-state index in [1.807, 2.05) is 0 Å². The van der Waals surface area contributed by atoms with Crippen molar-refractivity contribution in [3.05, 3.63) is 39.9 Å². The van der Waals surface area contributed by atoms with Crippen LogP contribution in [0.1, 0.15) is 37.7 Å². The zero-order valence-electron chi connectivity index (χ0n) is 12.1. The Morgan fingerprint density at radius 3 is 2.55 bits per heavy atom. The molecule has 0 atom stereocenters. The minimum atomic E-state index is -0.793. The van der Waals surface area contributed by atoms with E-state index < -0.39 is 16.5 Å². The van der Waals surface area contributed by atoms with Crippen molar-refractivity contribution in [3.63, 3.8) is 0 Å². The normalized spacial score (nSPS) is 20.3. The summed E-state index contributed by atoms with van der Waals surface area (Å²) in [6.07, 6.45) is 4.17. The lowest BCUT2D eigenvalue weighted by Crippen LogP contribution is -2.48. The maximum Gasteiger partial charge on any atom is 0.325 e. The van der Waals surface area contributed by atoms with E-state index in [9.17, 15) is 19.7 Å². The monoisotopic (exact) mass is 303 g/mol. The predicted molar refractivity (Wildman–Crippen MR) is 78.0 cm³/mol. The van der Waals surface area contributed by atoms with Gasteiger partial charge in [-0.15, -0.1) is 0 Å². The molecular formula is C15H17N3O4. The number of benzene rings is 1. The number of nitrogens with zero attached hydrogens (tertiary/aromatic N) is 2. The van der Waals surface area contributed by atoms with Gasteiger partial charge in [-0.05, 0) is 12.8 Å². The van der Waals surface area contributed by atoms with Crippen molar-refractivity contribution in [1.29, 1.82) is 0 Å². The number of para-hydroxylation sites is 1. The van der Waals surface area contributed by atoms with Crippen molar-refractivity contribution >= 4 is 17.6 Å². The predicted octanol–water partition coefficient (Wildman–Crippen LogP) is 2.35. The molecule has 3 rings (SSSR count). The third-order valence-electron chi connectivity index (χ3n) is 4.47. The molecule has 1 spiro atoms. The SMILES string of the molecule is O=C1NC2(CCCCC2)C(=O)N1Cc1ccccc1[N+](=O)[O-]. The Bertz CT molecular complexity index is 637. The molecule has 1 heterocycles. The lowest BCUT2D eigenvalue weighted by Gasteiger charge is -2.30. The Morgan fingerprint density at radius 1 is 1.18 bits per heavy atom. The summed E-state index contributed by atoms with van der Waals surface area (Å²) < 4.78 is 0. The van der Waals surface area contributed by atoms with E-state index >= 15 is 0 Å². The van der Waals surface area contributed by atoms with Crippen molar-refractivity contribution in [3.8, 4) is 0 Å². The lowest BCUT2D eigenvalue weighted by atomic mass is 9.82. The minimum absolute atomic E-state index is 0.0659. The van der Waals surface area contributed by atoms with Crippen LogP contribution in [-0.4, -0.2) is 27.3 Å². The third-order valence-corrected chi connectivity index (χ3v) is 4.47. The molecule has 0 radical (unpaired) electrons. The highest BCUT2D eigenvalue weighted by atomic mass is 16.6. The topological polar surface area (TPSA) is 92.6 Å². The van der Waals surface area contributed by atoms with Gasteiger partial charge in [-0.1, -0.05) is 37.5 Å². The number of carbonyl (C=O) groups excluding carboxylic acids is 2. The van der Waals surface area contributed by atoms with Crippen LogP contribution in [0.2, 0.25) is 0 Å². The summed E-state index contributed by atoms with van der Waals surface area (Å²) in [4.78, 5) is 36.5. The fourth-order valence-electron chi connectivity index (χ4n) is 3.31. The number of amides is 3. The van der Waals surface area contributed by atoms with E-state index in [1.54, 1.807) is 18.2 Å². The van der Waals surface area contributed by atoms with Crippen LogP contribution < -0.4 is 5.32 Å². The molecule has 2 fully saturated rings. The summed E-state index contributed by atoms with van der Waals surface area (Å²) >= 11 is 0. The molecule has 1 aliphatic heterocycles. The first-order chi connectivity index (χ1) is 10.5. The van der Waals surface area contributed by atoms with Crippen LogP contribution in [0, 0.1) is 10.1 Å². The highest BCUT2D eigenvalue weighted by molar-refractivity contribution is 6.07. The highest BCUT2D eigenvalue weighted by Gasteiger charge is 2.51. The number of imide groups is 1. The average Bonchev–Trinajstić information content (AvgIpc) is 2.73. The van der Waals surface area contributed by atoms with Crippen LogP contribution in [0.25, 0.3) is 0 Å². The number of carbonyl (C=O) groups is 2. The van der Waals surface area contributed by atoms with Crippen molar-refractivity contribution in [1.82, 2.24) is 10.2 Å². The molecule has 1 saturated carbocycles. The minimum Gasteiger partial charge on any atom is -0.323 e. The molecule has 2 aliphatic rings. The molecule has 7 heteroatoms. The third kappa shape index (κ3) is 2.32. The standard InChI is InChI=1S/C15H17N3O4/c19-13-15(8-4-1-5-9-15)16-14(20)17(13)10-11-6-2-3-7-12(11)18(21)22/h2-3,6-7H,1,4-5,8-10H2,(H,16,20). The van der Waals surface area contributed by atoms with Gasteiger partial charge in [0.15, 0.2) is 0 Å². The number of nitro benzene ring substituents is 1. The molecule has 0 aromatic heterocycles. The Hall–Kier alpha value is -2.44.